The fraction of sp³-hybridized carbons (Fsp3) is 0.818. The molecular formula is C11H17N3S. The van der Waals surface area contributed by atoms with E-state index in [-0.39, 0.29) is 0 Å². The van der Waals surface area contributed by atoms with Gasteiger partial charge in [0.1, 0.15) is 10.0 Å². The van der Waals surface area contributed by atoms with E-state index in [4.69, 9.17) is 0 Å². The zero-order chi connectivity index (χ0) is 10.3. The Labute approximate surface area is 94.3 Å². The van der Waals surface area contributed by atoms with E-state index in [2.05, 4.69) is 22.4 Å². The summed E-state index contributed by atoms with van der Waals surface area (Å²) in [6.45, 7) is 4.00. The van der Waals surface area contributed by atoms with Gasteiger partial charge in [0.2, 0.25) is 0 Å². The van der Waals surface area contributed by atoms with Crippen molar-refractivity contribution in [2.24, 2.45) is 11.8 Å². The third-order valence-corrected chi connectivity index (χ3v) is 4.69. The van der Waals surface area contributed by atoms with Crippen LogP contribution >= 0.6 is 11.3 Å². The first kappa shape index (κ1) is 9.73. The lowest BCUT2D eigenvalue weighted by Crippen LogP contribution is -2.11. The Morgan fingerprint density at radius 2 is 2.07 bits per heavy atom. The molecule has 0 aromatic carbocycles. The van der Waals surface area contributed by atoms with Crippen LogP contribution in [0.3, 0.4) is 0 Å². The summed E-state index contributed by atoms with van der Waals surface area (Å²) in [5.41, 5.74) is 0. The van der Waals surface area contributed by atoms with Gasteiger partial charge in [-0.2, -0.15) is 0 Å². The van der Waals surface area contributed by atoms with Gasteiger partial charge in [-0.1, -0.05) is 18.3 Å². The third-order valence-electron chi connectivity index (χ3n) is 3.60. The third kappa shape index (κ3) is 1.93. The van der Waals surface area contributed by atoms with Gasteiger partial charge in [-0.05, 0) is 37.6 Å². The fourth-order valence-corrected chi connectivity index (χ4v) is 3.59. The molecule has 2 unspecified atom stereocenters. The Hall–Kier alpha value is -0.480. The molecule has 0 spiro atoms. The number of nitrogens with one attached hydrogen (secondary N) is 1. The van der Waals surface area contributed by atoms with E-state index in [0.29, 0.717) is 0 Å². The van der Waals surface area contributed by atoms with E-state index < -0.39 is 0 Å². The van der Waals surface area contributed by atoms with Crippen molar-refractivity contribution in [2.45, 2.75) is 38.6 Å². The van der Waals surface area contributed by atoms with Crippen molar-refractivity contribution in [1.82, 2.24) is 15.5 Å². The first-order valence-electron chi connectivity index (χ1n) is 5.89. The molecule has 0 amide bonds. The van der Waals surface area contributed by atoms with Gasteiger partial charge in [-0.3, -0.25) is 0 Å². The average molecular weight is 223 g/mol. The second-order valence-electron chi connectivity index (χ2n) is 4.74. The molecule has 0 radical (unpaired) electrons. The first-order valence-corrected chi connectivity index (χ1v) is 6.71. The molecule has 82 valence electrons. The minimum absolute atomic E-state index is 0.738. The Bertz CT molecular complexity index is 339. The van der Waals surface area contributed by atoms with Crippen molar-refractivity contribution in [3.63, 3.8) is 0 Å². The van der Waals surface area contributed by atoms with Crippen LogP contribution < -0.4 is 5.32 Å². The van der Waals surface area contributed by atoms with Gasteiger partial charge in [0.05, 0.1) is 0 Å². The summed E-state index contributed by atoms with van der Waals surface area (Å²) in [7, 11) is 0. The number of hydrogen-bond donors (Lipinski definition) is 1. The van der Waals surface area contributed by atoms with Crippen LogP contribution in [0.5, 0.6) is 0 Å². The largest absolute Gasteiger partial charge is 0.311 e. The van der Waals surface area contributed by atoms with Crippen molar-refractivity contribution in [2.75, 3.05) is 6.54 Å². The molecule has 4 heteroatoms. The molecule has 2 saturated carbocycles. The van der Waals surface area contributed by atoms with Crippen molar-refractivity contribution in [3.05, 3.63) is 10.0 Å². The molecule has 1 aromatic rings. The molecule has 3 nitrogen and oxygen atoms in total. The second kappa shape index (κ2) is 3.83. The van der Waals surface area contributed by atoms with Crippen LogP contribution in [0.25, 0.3) is 0 Å². The van der Waals surface area contributed by atoms with Crippen LogP contribution in [0.15, 0.2) is 0 Å². The second-order valence-corrected chi connectivity index (χ2v) is 5.83. The van der Waals surface area contributed by atoms with Crippen molar-refractivity contribution in [1.29, 1.82) is 0 Å². The van der Waals surface area contributed by atoms with E-state index in [1.54, 1.807) is 0 Å². The molecule has 2 aliphatic rings. The molecule has 0 aliphatic heterocycles. The highest BCUT2D eigenvalue weighted by atomic mass is 32.1. The minimum atomic E-state index is 0.738. The van der Waals surface area contributed by atoms with Crippen LogP contribution in [-0.4, -0.2) is 16.7 Å². The summed E-state index contributed by atoms with van der Waals surface area (Å²) in [4.78, 5) is 0. The standard InChI is InChI=1S/C11H17N3S/c1-2-12-6-10-13-14-11(15-10)9-4-7-3-8(7)5-9/h7-9,12H,2-6H2,1H3. The molecule has 2 fully saturated rings. The van der Waals surface area contributed by atoms with Gasteiger partial charge in [0.15, 0.2) is 0 Å². The Kier molecular flexibility index (Phi) is 2.48. The zero-order valence-corrected chi connectivity index (χ0v) is 9.89. The first-order chi connectivity index (χ1) is 7.36. The maximum Gasteiger partial charge on any atom is 0.131 e. The van der Waals surface area contributed by atoms with E-state index in [9.17, 15) is 0 Å². The average Bonchev–Trinajstić information content (AvgIpc) is 2.71. The fourth-order valence-electron chi connectivity index (χ4n) is 2.65. The highest BCUT2D eigenvalue weighted by molar-refractivity contribution is 7.11. The quantitative estimate of drug-likeness (QED) is 0.850. The summed E-state index contributed by atoms with van der Waals surface area (Å²) < 4.78 is 0. The topological polar surface area (TPSA) is 37.8 Å². The molecule has 2 aliphatic carbocycles. The Balaban J connectivity index is 1.63. The van der Waals surface area contributed by atoms with Crippen molar-refractivity contribution in [3.8, 4) is 0 Å². The molecule has 2 atom stereocenters. The van der Waals surface area contributed by atoms with E-state index in [1.807, 2.05) is 11.3 Å². The van der Waals surface area contributed by atoms with Gasteiger partial charge in [0, 0.05) is 12.5 Å². The van der Waals surface area contributed by atoms with Crippen molar-refractivity contribution >= 4 is 11.3 Å². The van der Waals surface area contributed by atoms with Gasteiger partial charge in [0.25, 0.3) is 0 Å². The van der Waals surface area contributed by atoms with Gasteiger partial charge in [-0.25, -0.2) is 0 Å². The van der Waals surface area contributed by atoms with Crippen molar-refractivity contribution < 1.29 is 0 Å². The van der Waals surface area contributed by atoms with Crippen LogP contribution in [0.1, 0.15) is 42.1 Å². The lowest BCUT2D eigenvalue weighted by molar-refractivity contribution is 0.613. The molecule has 0 bridgehead atoms. The zero-order valence-electron chi connectivity index (χ0n) is 9.07. The highest BCUT2D eigenvalue weighted by Crippen LogP contribution is 2.57. The highest BCUT2D eigenvalue weighted by Gasteiger charge is 2.47. The summed E-state index contributed by atoms with van der Waals surface area (Å²) >= 11 is 1.81. The molecular weight excluding hydrogens is 206 g/mol. The maximum atomic E-state index is 4.33. The van der Waals surface area contributed by atoms with E-state index in [1.165, 1.54) is 24.3 Å². The van der Waals surface area contributed by atoms with Gasteiger partial charge < -0.3 is 5.32 Å². The lowest BCUT2D eigenvalue weighted by atomic mass is 10.1. The summed E-state index contributed by atoms with van der Waals surface area (Å²) in [6.07, 6.45) is 4.24. The van der Waals surface area contributed by atoms with Crippen LogP contribution in [0.4, 0.5) is 0 Å². The smallest absolute Gasteiger partial charge is 0.131 e. The number of hydrogen-bond acceptors (Lipinski definition) is 4. The van der Waals surface area contributed by atoms with Crippen LogP contribution in [0.2, 0.25) is 0 Å². The maximum absolute atomic E-state index is 4.33. The van der Waals surface area contributed by atoms with E-state index >= 15 is 0 Å². The number of rotatable bonds is 4. The minimum Gasteiger partial charge on any atom is -0.311 e. The SMILES string of the molecule is CCNCc1nnc(C2CC3CC3C2)s1. The number of fused-ring (bicyclic) bond motifs is 1. The molecule has 1 aromatic heterocycles. The lowest BCUT2D eigenvalue weighted by Gasteiger charge is -2.05. The van der Waals surface area contributed by atoms with Crippen LogP contribution in [0, 0.1) is 11.8 Å². The predicted molar refractivity (Wildman–Crippen MR) is 60.9 cm³/mol. The molecule has 3 rings (SSSR count). The summed E-state index contributed by atoms with van der Waals surface area (Å²) in [6, 6.07) is 0. The monoisotopic (exact) mass is 223 g/mol. The molecule has 1 heterocycles. The summed E-state index contributed by atoms with van der Waals surface area (Å²) in [5.74, 6) is 2.81. The molecule has 0 saturated heterocycles. The van der Waals surface area contributed by atoms with Gasteiger partial charge in [-0.15, -0.1) is 10.2 Å². The predicted octanol–water partition coefficient (Wildman–Crippen LogP) is 2.16. The van der Waals surface area contributed by atoms with Crippen LogP contribution in [-0.2, 0) is 6.54 Å². The number of aromatic nitrogens is 2. The Morgan fingerprint density at radius 1 is 1.27 bits per heavy atom. The van der Waals surface area contributed by atoms with Gasteiger partial charge >= 0.3 is 0 Å². The molecule has 15 heavy (non-hydrogen) atoms. The number of nitrogens with zero attached hydrogens (tertiary/aromatic N) is 2. The normalized spacial score (nSPS) is 33.0. The Morgan fingerprint density at radius 3 is 2.80 bits per heavy atom. The summed E-state index contributed by atoms with van der Waals surface area (Å²) in [5, 5.41) is 14.3. The van der Waals surface area contributed by atoms with E-state index in [0.717, 1.165) is 35.9 Å². The molecule has 1 N–H and O–H groups in total.